The van der Waals surface area contributed by atoms with Gasteiger partial charge in [0.1, 0.15) is 0 Å². The molecule has 0 bridgehead atoms. The fraction of sp³-hybridized carbons (Fsp3) is 0.294. The highest BCUT2D eigenvalue weighted by molar-refractivity contribution is 7.99. The number of halogens is 1. The Hall–Kier alpha value is -1.12. The van der Waals surface area contributed by atoms with Crippen molar-refractivity contribution in [2.45, 2.75) is 31.2 Å². The van der Waals surface area contributed by atoms with Gasteiger partial charge < -0.3 is 5.32 Å². The maximum absolute atomic E-state index is 6.16. The van der Waals surface area contributed by atoms with E-state index < -0.39 is 0 Å². The summed E-state index contributed by atoms with van der Waals surface area (Å²) < 4.78 is 0. The third-order valence-corrected chi connectivity index (χ3v) is 5.08. The molecule has 1 aliphatic heterocycles. The van der Waals surface area contributed by atoms with Gasteiger partial charge in [-0.2, -0.15) is 0 Å². The van der Waals surface area contributed by atoms with E-state index >= 15 is 0 Å². The summed E-state index contributed by atoms with van der Waals surface area (Å²) in [5, 5.41) is 4.51. The Bertz CT molecular complexity index is 639. The minimum Gasteiger partial charge on any atom is -0.378 e. The van der Waals surface area contributed by atoms with E-state index in [0.29, 0.717) is 6.04 Å². The molecule has 0 spiro atoms. The summed E-state index contributed by atoms with van der Waals surface area (Å²) in [5.41, 5.74) is 5.15. The molecule has 1 nitrogen and oxygen atoms in total. The van der Waals surface area contributed by atoms with Crippen molar-refractivity contribution < 1.29 is 0 Å². The first-order valence-corrected chi connectivity index (χ1v) is 8.26. The second-order valence-electron chi connectivity index (χ2n) is 5.33. The van der Waals surface area contributed by atoms with Crippen LogP contribution >= 0.6 is 23.4 Å². The van der Waals surface area contributed by atoms with Gasteiger partial charge in [0.2, 0.25) is 0 Å². The summed E-state index contributed by atoms with van der Waals surface area (Å²) in [4.78, 5) is 1.35. The molecule has 2 aromatic carbocycles. The van der Waals surface area contributed by atoms with Crippen molar-refractivity contribution in [1.29, 1.82) is 0 Å². The van der Waals surface area contributed by atoms with Gasteiger partial charge in [-0.1, -0.05) is 29.3 Å². The number of rotatable bonds is 2. The molecule has 1 unspecified atom stereocenters. The molecular weight excluding hydrogens is 286 g/mol. The SMILES string of the molecule is Cc1ccc(NC2CCSc3ccc(Cl)cc32)c(C)c1. The zero-order chi connectivity index (χ0) is 14.1. The van der Waals surface area contributed by atoms with Crippen molar-refractivity contribution >= 4 is 29.1 Å². The molecule has 3 rings (SSSR count). The first kappa shape index (κ1) is 13.8. The highest BCUT2D eigenvalue weighted by Crippen LogP contribution is 2.39. The monoisotopic (exact) mass is 303 g/mol. The zero-order valence-electron chi connectivity index (χ0n) is 11.7. The van der Waals surface area contributed by atoms with Crippen molar-refractivity contribution in [2.24, 2.45) is 0 Å². The highest BCUT2D eigenvalue weighted by Gasteiger charge is 2.21. The number of anilines is 1. The molecule has 1 N–H and O–H groups in total. The van der Waals surface area contributed by atoms with Crippen LogP contribution < -0.4 is 5.32 Å². The Morgan fingerprint density at radius 2 is 2.00 bits per heavy atom. The Labute approximate surface area is 129 Å². The van der Waals surface area contributed by atoms with Crippen molar-refractivity contribution in [2.75, 3.05) is 11.1 Å². The molecule has 3 heteroatoms. The largest absolute Gasteiger partial charge is 0.378 e. The summed E-state index contributed by atoms with van der Waals surface area (Å²) in [6.07, 6.45) is 1.13. The van der Waals surface area contributed by atoms with E-state index in [0.717, 1.165) is 17.2 Å². The molecular formula is C17H18ClNS. The standard InChI is InChI=1S/C17H18ClNS/c1-11-3-5-15(12(2)9-11)19-16-7-8-20-17-6-4-13(18)10-14(16)17/h3-6,9-10,16,19H,7-8H2,1-2H3. The van der Waals surface area contributed by atoms with Crippen LogP contribution in [0.15, 0.2) is 41.3 Å². The van der Waals surface area contributed by atoms with E-state index in [-0.39, 0.29) is 0 Å². The fourth-order valence-electron chi connectivity index (χ4n) is 2.68. The topological polar surface area (TPSA) is 12.0 Å². The predicted molar refractivity (Wildman–Crippen MR) is 89.1 cm³/mol. The number of hydrogen-bond donors (Lipinski definition) is 1. The average molecular weight is 304 g/mol. The molecule has 1 aliphatic rings. The van der Waals surface area contributed by atoms with Gasteiger partial charge in [-0.3, -0.25) is 0 Å². The molecule has 20 heavy (non-hydrogen) atoms. The van der Waals surface area contributed by atoms with Crippen LogP contribution in [-0.4, -0.2) is 5.75 Å². The molecule has 2 aromatic rings. The molecule has 1 heterocycles. The summed E-state index contributed by atoms with van der Waals surface area (Å²) in [7, 11) is 0. The van der Waals surface area contributed by atoms with Gasteiger partial charge in [-0.15, -0.1) is 11.8 Å². The lowest BCUT2D eigenvalue weighted by molar-refractivity contribution is 0.728. The van der Waals surface area contributed by atoms with Crippen LogP contribution in [0, 0.1) is 13.8 Å². The van der Waals surface area contributed by atoms with E-state index in [4.69, 9.17) is 11.6 Å². The van der Waals surface area contributed by atoms with Crippen LogP contribution in [0.1, 0.15) is 29.2 Å². The summed E-state index contributed by atoms with van der Waals surface area (Å²) in [5.74, 6) is 1.15. The first-order valence-electron chi connectivity index (χ1n) is 6.89. The Morgan fingerprint density at radius 1 is 1.15 bits per heavy atom. The molecule has 0 saturated carbocycles. The number of aryl methyl sites for hydroxylation is 2. The number of fused-ring (bicyclic) bond motifs is 1. The number of nitrogens with one attached hydrogen (secondary N) is 1. The molecule has 0 radical (unpaired) electrons. The van der Waals surface area contributed by atoms with Crippen molar-refractivity contribution in [3.8, 4) is 0 Å². The Balaban J connectivity index is 1.91. The lowest BCUT2D eigenvalue weighted by Crippen LogP contribution is -2.16. The second kappa shape index (κ2) is 5.71. The molecule has 104 valence electrons. The quantitative estimate of drug-likeness (QED) is 0.774. The van der Waals surface area contributed by atoms with Gasteiger partial charge >= 0.3 is 0 Å². The maximum Gasteiger partial charge on any atom is 0.0533 e. The van der Waals surface area contributed by atoms with Gasteiger partial charge in [0.25, 0.3) is 0 Å². The summed E-state index contributed by atoms with van der Waals surface area (Å²) in [6.45, 7) is 4.29. The number of thioether (sulfide) groups is 1. The second-order valence-corrected chi connectivity index (χ2v) is 6.91. The summed E-state index contributed by atoms with van der Waals surface area (Å²) >= 11 is 8.08. The third-order valence-electron chi connectivity index (χ3n) is 3.72. The van der Waals surface area contributed by atoms with Gasteiger partial charge in [0.15, 0.2) is 0 Å². The van der Waals surface area contributed by atoms with E-state index in [1.807, 2.05) is 17.8 Å². The van der Waals surface area contributed by atoms with Crippen LogP contribution in [0.25, 0.3) is 0 Å². The minimum absolute atomic E-state index is 0.353. The maximum atomic E-state index is 6.16. The molecule has 0 amide bonds. The van der Waals surface area contributed by atoms with Crippen LogP contribution in [-0.2, 0) is 0 Å². The van der Waals surface area contributed by atoms with Crippen molar-refractivity contribution in [3.63, 3.8) is 0 Å². The molecule has 0 aromatic heterocycles. The van der Waals surface area contributed by atoms with Crippen molar-refractivity contribution in [1.82, 2.24) is 0 Å². The average Bonchev–Trinajstić information content (AvgIpc) is 2.42. The van der Waals surface area contributed by atoms with Crippen LogP contribution in [0.4, 0.5) is 5.69 Å². The van der Waals surface area contributed by atoms with Crippen LogP contribution in [0.2, 0.25) is 5.02 Å². The van der Waals surface area contributed by atoms with E-state index in [9.17, 15) is 0 Å². The fourth-order valence-corrected chi connectivity index (χ4v) is 3.96. The third kappa shape index (κ3) is 2.82. The molecule has 0 fully saturated rings. The lowest BCUT2D eigenvalue weighted by Gasteiger charge is -2.27. The Morgan fingerprint density at radius 3 is 2.80 bits per heavy atom. The normalized spacial score (nSPS) is 17.6. The number of benzene rings is 2. The Kier molecular flexibility index (Phi) is 3.95. The molecule has 1 atom stereocenters. The smallest absolute Gasteiger partial charge is 0.0533 e. The number of hydrogen-bond acceptors (Lipinski definition) is 2. The zero-order valence-corrected chi connectivity index (χ0v) is 13.3. The van der Waals surface area contributed by atoms with Crippen molar-refractivity contribution in [3.05, 3.63) is 58.1 Å². The van der Waals surface area contributed by atoms with Crippen LogP contribution in [0.3, 0.4) is 0 Å². The van der Waals surface area contributed by atoms with Gasteiger partial charge in [-0.25, -0.2) is 0 Å². The van der Waals surface area contributed by atoms with Gasteiger partial charge in [0, 0.05) is 21.4 Å². The minimum atomic E-state index is 0.353. The first-order chi connectivity index (χ1) is 9.63. The molecule has 0 saturated heterocycles. The summed E-state index contributed by atoms with van der Waals surface area (Å²) in [6, 6.07) is 13.1. The van der Waals surface area contributed by atoms with Gasteiger partial charge in [-0.05, 0) is 55.7 Å². The van der Waals surface area contributed by atoms with E-state index in [2.05, 4.69) is 49.5 Å². The van der Waals surface area contributed by atoms with Crippen LogP contribution in [0.5, 0.6) is 0 Å². The van der Waals surface area contributed by atoms with Gasteiger partial charge in [0.05, 0.1) is 6.04 Å². The van der Waals surface area contributed by atoms with E-state index in [1.165, 1.54) is 27.3 Å². The van der Waals surface area contributed by atoms with E-state index in [1.54, 1.807) is 0 Å². The highest BCUT2D eigenvalue weighted by atomic mass is 35.5. The molecule has 0 aliphatic carbocycles. The lowest BCUT2D eigenvalue weighted by atomic mass is 10.0. The predicted octanol–water partition coefficient (Wildman–Crippen LogP) is 5.61.